The zero-order valence-electron chi connectivity index (χ0n) is 10.4. The SMILES string of the molecule is C=C(Br)CN(C)CCCOCc1ccccc1. The first-order valence-electron chi connectivity index (χ1n) is 5.82. The van der Waals surface area contributed by atoms with E-state index in [1.165, 1.54) is 5.56 Å². The molecular weight excluding hydrogens is 278 g/mol. The summed E-state index contributed by atoms with van der Waals surface area (Å²) in [5.74, 6) is 0. The van der Waals surface area contributed by atoms with Crippen molar-refractivity contribution in [2.75, 3.05) is 26.7 Å². The molecule has 0 aliphatic carbocycles. The zero-order chi connectivity index (χ0) is 12.5. The van der Waals surface area contributed by atoms with Crippen LogP contribution in [-0.2, 0) is 11.3 Å². The Labute approximate surface area is 112 Å². The number of rotatable bonds is 8. The summed E-state index contributed by atoms with van der Waals surface area (Å²) in [4.78, 5) is 2.23. The Morgan fingerprint density at radius 3 is 2.71 bits per heavy atom. The number of nitrogens with zero attached hydrogens (tertiary/aromatic N) is 1. The van der Waals surface area contributed by atoms with Crippen LogP contribution in [0.4, 0.5) is 0 Å². The molecule has 0 saturated carbocycles. The van der Waals surface area contributed by atoms with Crippen molar-refractivity contribution in [3.05, 3.63) is 47.0 Å². The molecule has 0 saturated heterocycles. The average molecular weight is 298 g/mol. The predicted molar refractivity (Wildman–Crippen MR) is 76.3 cm³/mol. The maximum atomic E-state index is 5.61. The van der Waals surface area contributed by atoms with E-state index >= 15 is 0 Å². The Morgan fingerprint density at radius 2 is 2.06 bits per heavy atom. The van der Waals surface area contributed by atoms with Crippen molar-refractivity contribution < 1.29 is 4.74 Å². The molecule has 0 aromatic heterocycles. The summed E-state index contributed by atoms with van der Waals surface area (Å²) in [6.07, 6.45) is 1.05. The molecule has 0 amide bonds. The highest BCUT2D eigenvalue weighted by molar-refractivity contribution is 9.11. The van der Waals surface area contributed by atoms with Gasteiger partial charge in [-0.25, -0.2) is 0 Å². The molecule has 0 aliphatic heterocycles. The summed E-state index contributed by atoms with van der Waals surface area (Å²) in [5, 5.41) is 0. The van der Waals surface area contributed by atoms with E-state index in [2.05, 4.69) is 46.6 Å². The molecule has 0 atom stereocenters. The van der Waals surface area contributed by atoms with Crippen molar-refractivity contribution in [2.45, 2.75) is 13.0 Å². The summed E-state index contributed by atoms with van der Waals surface area (Å²) in [7, 11) is 2.09. The van der Waals surface area contributed by atoms with Gasteiger partial charge in [0, 0.05) is 24.2 Å². The maximum absolute atomic E-state index is 5.61. The molecule has 0 bridgehead atoms. The van der Waals surface area contributed by atoms with Crippen LogP contribution in [0.3, 0.4) is 0 Å². The molecule has 2 nitrogen and oxygen atoms in total. The number of ether oxygens (including phenoxy) is 1. The monoisotopic (exact) mass is 297 g/mol. The van der Waals surface area contributed by atoms with Crippen LogP contribution in [0, 0.1) is 0 Å². The van der Waals surface area contributed by atoms with E-state index in [0.29, 0.717) is 6.61 Å². The summed E-state index contributed by atoms with van der Waals surface area (Å²) in [6, 6.07) is 10.3. The Kier molecular flexibility index (Phi) is 7.17. The third-order valence-electron chi connectivity index (χ3n) is 2.38. The molecule has 94 valence electrons. The van der Waals surface area contributed by atoms with Crippen molar-refractivity contribution in [3.63, 3.8) is 0 Å². The van der Waals surface area contributed by atoms with Gasteiger partial charge < -0.3 is 9.64 Å². The fraction of sp³-hybridized carbons (Fsp3) is 0.429. The van der Waals surface area contributed by atoms with Crippen LogP contribution < -0.4 is 0 Å². The molecule has 17 heavy (non-hydrogen) atoms. The molecule has 0 fully saturated rings. The van der Waals surface area contributed by atoms with Crippen molar-refractivity contribution in [1.82, 2.24) is 4.90 Å². The average Bonchev–Trinajstić information content (AvgIpc) is 2.29. The van der Waals surface area contributed by atoms with Gasteiger partial charge in [-0.05, 0) is 19.0 Å². The lowest BCUT2D eigenvalue weighted by molar-refractivity contribution is 0.112. The van der Waals surface area contributed by atoms with Gasteiger partial charge in [0.15, 0.2) is 0 Å². The van der Waals surface area contributed by atoms with Crippen molar-refractivity contribution in [1.29, 1.82) is 0 Å². The first kappa shape index (κ1) is 14.4. The van der Waals surface area contributed by atoms with Crippen molar-refractivity contribution in [3.8, 4) is 0 Å². The van der Waals surface area contributed by atoms with Gasteiger partial charge in [-0.3, -0.25) is 0 Å². The lowest BCUT2D eigenvalue weighted by atomic mass is 10.2. The third kappa shape index (κ3) is 7.31. The molecule has 0 heterocycles. The highest BCUT2D eigenvalue weighted by Crippen LogP contribution is 2.04. The normalized spacial score (nSPS) is 10.8. The molecular formula is C14H20BrNO. The number of halogens is 1. The van der Waals surface area contributed by atoms with Gasteiger partial charge in [0.25, 0.3) is 0 Å². The zero-order valence-corrected chi connectivity index (χ0v) is 11.9. The maximum Gasteiger partial charge on any atom is 0.0716 e. The van der Waals surface area contributed by atoms with Crippen LogP contribution >= 0.6 is 15.9 Å². The summed E-state index contributed by atoms with van der Waals surface area (Å²) >= 11 is 3.36. The van der Waals surface area contributed by atoms with Gasteiger partial charge in [-0.1, -0.05) is 52.8 Å². The number of hydrogen-bond acceptors (Lipinski definition) is 2. The van der Waals surface area contributed by atoms with Crippen LogP contribution in [0.2, 0.25) is 0 Å². The number of benzene rings is 1. The highest BCUT2D eigenvalue weighted by Gasteiger charge is 1.99. The fourth-order valence-corrected chi connectivity index (χ4v) is 2.00. The first-order chi connectivity index (χ1) is 8.18. The molecule has 0 radical (unpaired) electrons. The number of hydrogen-bond donors (Lipinski definition) is 0. The van der Waals surface area contributed by atoms with E-state index in [0.717, 1.165) is 30.6 Å². The lowest BCUT2D eigenvalue weighted by Crippen LogP contribution is -2.21. The second-order valence-electron chi connectivity index (χ2n) is 4.15. The molecule has 0 unspecified atom stereocenters. The fourth-order valence-electron chi connectivity index (χ4n) is 1.57. The van der Waals surface area contributed by atoms with Crippen molar-refractivity contribution >= 4 is 15.9 Å². The van der Waals surface area contributed by atoms with Gasteiger partial charge >= 0.3 is 0 Å². The quantitative estimate of drug-likeness (QED) is 0.682. The molecule has 0 aliphatic rings. The van der Waals surface area contributed by atoms with Gasteiger partial charge in [-0.15, -0.1) is 0 Å². The molecule has 1 aromatic carbocycles. The minimum Gasteiger partial charge on any atom is -0.377 e. The Balaban J connectivity index is 2.03. The van der Waals surface area contributed by atoms with E-state index in [4.69, 9.17) is 4.74 Å². The third-order valence-corrected chi connectivity index (χ3v) is 2.63. The smallest absolute Gasteiger partial charge is 0.0716 e. The van der Waals surface area contributed by atoms with Gasteiger partial charge in [0.05, 0.1) is 6.61 Å². The Morgan fingerprint density at radius 1 is 1.35 bits per heavy atom. The minimum absolute atomic E-state index is 0.704. The van der Waals surface area contributed by atoms with E-state index < -0.39 is 0 Å². The number of likely N-dealkylation sites (N-methyl/N-ethyl adjacent to an activating group) is 1. The highest BCUT2D eigenvalue weighted by atomic mass is 79.9. The molecule has 1 aromatic rings. The molecule has 0 N–H and O–H groups in total. The second-order valence-corrected chi connectivity index (χ2v) is 5.27. The van der Waals surface area contributed by atoms with E-state index in [1.807, 2.05) is 18.2 Å². The Bertz CT molecular complexity index is 326. The largest absolute Gasteiger partial charge is 0.377 e. The minimum atomic E-state index is 0.704. The van der Waals surface area contributed by atoms with Crippen LogP contribution in [0.25, 0.3) is 0 Å². The summed E-state index contributed by atoms with van der Waals surface area (Å²) in [5.41, 5.74) is 1.23. The van der Waals surface area contributed by atoms with E-state index in [9.17, 15) is 0 Å². The van der Waals surface area contributed by atoms with Crippen molar-refractivity contribution in [2.24, 2.45) is 0 Å². The first-order valence-corrected chi connectivity index (χ1v) is 6.61. The standard InChI is InChI=1S/C14H20BrNO/c1-13(15)11-16(2)9-6-10-17-12-14-7-4-3-5-8-14/h3-5,7-8H,1,6,9-12H2,2H3. The van der Waals surface area contributed by atoms with E-state index in [-0.39, 0.29) is 0 Å². The van der Waals surface area contributed by atoms with Crippen LogP contribution in [0.5, 0.6) is 0 Å². The van der Waals surface area contributed by atoms with Crippen LogP contribution in [0.1, 0.15) is 12.0 Å². The molecule has 0 spiro atoms. The van der Waals surface area contributed by atoms with Gasteiger partial charge in [0.2, 0.25) is 0 Å². The molecule has 1 rings (SSSR count). The van der Waals surface area contributed by atoms with E-state index in [1.54, 1.807) is 0 Å². The van der Waals surface area contributed by atoms with Crippen LogP contribution in [-0.4, -0.2) is 31.6 Å². The Hall–Kier alpha value is -0.640. The summed E-state index contributed by atoms with van der Waals surface area (Å²) < 4.78 is 6.63. The summed E-state index contributed by atoms with van der Waals surface area (Å²) in [6.45, 7) is 7.24. The second kappa shape index (κ2) is 8.45. The van der Waals surface area contributed by atoms with Gasteiger partial charge in [0.1, 0.15) is 0 Å². The van der Waals surface area contributed by atoms with Gasteiger partial charge in [-0.2, -0.15) is 0 Å². The lowest BCUT2D eigenvalue weighted by Gasteiger charge is -2.15. The van der Waals surface area contributed by atoms with Crippen LogP contribution in [0.15, 0.2) is 41.4 Å². The topological polar surface area (TPSA) is 12.5 Å². The molecule has 3 heteroatoms. The predicted octanol–water partition coefficient (Wildman–Crippen LogP) is 3.43.